The van der Waals surface area contributed by atoms with Crippen molar-refractivity contribution in [2.75, 3.05) is 26.3 Å². The maximum atomic E-state index is 8.63. The number of nitrogens with zero attached hydrogens (tertiary/aromatic N) is 2. The highest BCUT2D eigenvalue weighted by atomic mass is 16.5. The fourth-order valence-electron chi connectivity index (χ4n) is 2.65. The lowest BCUT2D eigenvalue weighted by molar-refractivity contribution is 0.00813. The Kier molecular flexibility index (Phi) is 4.01. The van der Waals surface area contributed by atoms with Gasteiger partial charge in [0, 0.05) is 18.6 Å². The maximum absolute atomic E-state index is 8.63. The normalized spacial score (nSPS) is 30.5. The number of likely N-dealkylation sites (tertiary alicyclic amines) is 1. The van der Waals surface area contributed by atoms with Crippen LogP contribution >= 0.6 is 0 Å². The fraction of sp³-hybridized carbons (Fsp3) is 0.909. The van der Waals surface area contributed by atoms with Gasteiger partial charge in [0.05, 0.1) is 6.61 Å². The molecule has 1 atom stereocenters. The average Bonchev–Trinajstić information content (AvgIpc) is 2.39. The minimum absolute atomic E-state index is 0.255. The van der Waals surface area contributed by atoms with E-state index < -0.39 is 0 Å². The molecule has 0 aromatic carbocycles. The molecule has 5 heteroatoms. The van der Waals surface area contributed by atoms with E-state index in [0.29, 0.717) is 11.9 Å². The molecule has 92 valence electrons. The van der Waals surface area contributed by atoms with Crippen molar-refractivity contribution in [3.63, 3.8) is 0 Å². The van der Waals surface area contributed by atoms with Crippen LogP contribution in [0.2, 0.25) is 0 Å². The van der Waals surface area contributed by atoms with Crippen LogP contribution in [0, 0.1) is 5.92 Å². The SMILES string of the molecule is NC(=NO)C1CCN(C2CCCOC2)CC1. The van der Waals surface area contributed by atoms with Gasteiger partial charge in [-0.1, -0.05) is 5.16 Å². The first-order chi connectivity index (χ1) is 7.81. The van der Waals surface area contributed by atoms with E-state index in [1.165, 1.54) is 12.8 Å². The number of oxime groups is 1. The van der Waals surface area contributed by atoms with E-state index in [1.54, 1.807) is 0 Å². The summed E-state index contributed by atoms with van der Waals surface area (Å²) in [6.07, 6.45) is 4.40. The molecule has 0 aliphatic carbocycles. The summed E-state index contributed by atoms with van der Waals surface area (Å²) >= 11 is 0. The molecule has 2 fully saturated rings. The third-order valence-corrected chi connectivity index (χ3v) is 3.72. The van der Waals surface area contributed by atoms with Gasteiger partial charge in [0.2, 0.25) is 0 Å². The molecular formula is C11H21N3O2. The third-order valence-electron chi connectivity index (χ3n) is 3.72. The molecule has 3 N–H and O–H groups in total. The monoisotopic (exact) mass is 227 g/mol. The van der Waals surface area contributed by atoms with Crippen LogP contribution in [0.4, 0.5) is 0 Å². The van der Waals surface area contributed by atoms with Gasteiger partial charge in [-0.2, -0.15) is 0 Å². The second-order valence-corrected chi connectivity index (χ2v) is 4.71. The van der Waals surface area contributed by atoms with Crippen LogP contribution in [-0.2, 0) is 4.74 Å². The van der Waals surface area contributed by atoms with Crippen LogP contribution < -0.4 is 5.73 Å². The summed E-state index contributed by atoms with van der Waals surface area (Å²) in [5, 5.41) is 11.7. The van der Waals surface area contributed by atoms with Gasteiger partial charge in [-0.25, -0.2) is 0 Å². The van der Waals surface area contributed by atoms with Gasteiger partial charge in [-0.3, -0.25) is 4.90 Å². The predicted molar refractivity (Wildman–Crippen MR) is 61.5 cm³/mol. The minimum atomic E-state index is 0.255. The molecular weight excluding hydrogens is 206 g/mol. The number of ether oxygens (including phenoxy) is 1. The largest absolute Gasteiger partial charge is 0.409 e. The van der Waals surface area contributed by atoms with Crippen molar-refractivity contribution in [2.45, 2.75) is 31.7 Å². The predicted octanol–water partition coefficient (Wildman–Crippen LogP) is 0.624. The number of hydrogen-bond acceptors (Lipinski definition) is 4. The lowest BCUT2D eigenvalue weighted by Gasteiger charge is -2.38. The quantitative estimate of drug-likeness (QED) is 0.314. The van der Waals surface area contributed by atoms with Crippen molar-refractivity contribution in [3.8, 4) is 0 Å². The number of amidine groups is 1. The summed E-state index contributed by atoms with van der Waals surface area (Å²) in [6.45, 7) is 3.86. The lowest BCUT2D eigenvalue weighted by atomic mass is 9.94. The van der Waals surface area contributed by atoms with Crippen molar-refractivity contribution in [3.05, 3.63) is 0 Å². The van der Waals surface area contributed by atoms with Gasteiger partial charge >= 0.3 is 0 Å². The Hall–Kier alpha value is -0.810. The molecule has 0 aromatic rings. The van der Waals surface area contributed by atoms with E-state index in [1.807, 2.05) is 0 Å². The first-order valence-corrected chi connectivity index (χ1v) is 6.10. The van der Waals surface area contributed by atoms with Gasteiger partial charge < -0.3 is 15.7 Å². The highest BCUT2D eigenvalue weighted by Gasteiger charge is 2.28. The van der Waals surface area contributed by atoms with E-state index in [0.717, 1.165) is 39.1 Å². The summed E-state index contributed by atoms with van der Waals surface area (Å²) in [6, 6.07) is 0.585. The van der Waals surface area contributed by atoms with Crippen LogP contribution in [0.25, 0.3) is 0 Å². The molecule has 2 heterocycles. The zero-order valence-electron chi connectivity index (χ0n) is 9.64. The number of nitrogens with two attached hydrogens (primary N) is 1. The average molecular weight is 227 g/mol. The maximum Gasteiger partial charge on any atom is 0.142 e. The molecule has 0 spiro atoms. The van der Waals surface area contributed by atoms with Crippen LogP contribution in [0.15, 0.2) is 5.16 Å². The molecule has 16 heavy (non-hydrogen) atoms. The zero-order chi connectivity index (χ0) is 11.4. The van der Waals surface area contributed by atoms with Crippen molar-refractivity contribution in [2.24, 2.45) is 16.8 Å². The Morgan fingerprint density at radius 2 is 2.06 bits per heavy atom. The Labute approximate surface area is 96.2 Å². The number of rotatable bonds is 2. The molecule has 0 saturated carbocycles. The van der Waals surface area contributed by atoms with E-state index in [2.05, 4.69) is 10.1 Å². The van der Waals surface area contributed by atoms with E-state index in [-0.39, 0.29) is 5.92 Å². The highest BCUT2D eigenvalue weighted by molar-refractivity contribution is 5.82. The zero-order valence-corrected chi connectivity index (χ0v) is 9.64. The number of hydrogen-bond donors (Lipinski definition) is 2. The van der Waals surface area contributed by atoms with Gasteiger partial charge in [0.15, 0.2) is 0 Å². The molecule has 0 bridgehead atoms. The minimum Gasteiger partial charge on any atom is -0.409 e. The molecule has 2 saturated heterocycles. The Morgan fingerprint density at radius 1 is 1.31 bits per heavy atom. The second-order valence-electron chi connectivity index (χ2n) is 4.71. The van der Waals surface area contributed by atoms with Crippen molar-refractivity contribution >= 4 is 5.84 Å². The molecule has 2 aliphatic heterocycles. The first kappa shape index (κ1) is 11.7. The van der Waals surface area contributed by atoms with Crippen molar-refractivity contribution in [1.82, 2.24) is 4.90 Å². The van der Waals surface area contributed by atoms with Crippen LogP contribution in [0.5, 0.6) is 0 Å². The lowest BCUT2D eigenvalue weighted by Crippen LogP contribution is -2.47. The summed E-state index contributed by atoms with van der Waals surface area (Å²) in [7, 11) is 0. The van der Waals surface area contributed by atoms with Crippen LogP contribution in [0.1, 0.15) is 25.7 Å². The summed E-state index contributed by atoms with van der Waals surface area (Å²) in [4.78, 5) is 2.49. The highest BCUT2D eigenvalue weighted by Crippen LogP contribution is 2.22. The van der Waals surface area contributed by atoms with Crippen molar-refractivity contribution < 1.29 is 9.94 Å². The first-order valence-electron chi connectivity index (χ1n) is 6.10. The van der Waals surface area contributed by atoms with Gasteiger partial charge in [-0.05, 0) is 38.8 Å². The standard InChI is InChI=1S/C11H21N3O2/c12-11(13-15)9-3-5-14(6-4-9)10-2-1-7-16-8-10/h9-10,15H,1-8H2,(H2,12,13). The summed E-state index contributed by atoms with van der Waals surface area (Å²) < 4.78 is 5.50. The molecule has 2 aliphatic rings. The van der Waals surface area contributed by atoms with E-state index in [9.17, 15) is 0 Å². The Balaban J connectivity index is 1.80. The second kappa shape index (κ2) is 5.50. The van der Waals surface area contributed by atoms with Gasteiger partial charge in [0.1, 0.15) is 5.84 Å². The smallest absolute Gasteiger partial charge is 0.142 e. The van der Waals surface area contributed by atoms with Gasteiger partial charge in [0.25, 0.3) is 0 Å². The Bertz CT molecular complexity index is 244. The van der Waals surface area contributed by atoms with E-state index >= 15 is 0 Å². The summed E-state index contributed by atoms with van der Waals surface area (Å²) in [5.74, 6) is 0.644. The van der Waals surface area contributed by atoms with E-state index in [4.69, 9.17) is 15.7 Å². The Morgan fingerprint density at radius 3 is 2.62 bits per heavy atom. The molecule has 5 nitrogen and oxygen atoms in total. The van der Waals surface area contributed by atoms with Crippen LogP contribution in [-0.4, -0.2) is 48.3 Å². The number of piperidine rings is 1. The van der Waals surface area contributed by atoms with Crippen LogP contribution in [0.3, 0.4) is 0 Å². The topological polar surface area (TPSA) is 71.1 Å². The fourth-order valence-corrected chi connectivity index (χ4v) is 2.65. The molecule has 0 amide bonds. The summed E-state index contributed by atoms with van der Waals surface area (Å²) in [5.41, 5.74) is 5.63. The molecule has 1 unspecified atom stereocenters. The third kappa shape index (κ3) is 2.65. The van der Waals surface area contributed by atoms with Gasteiger partial charge in [-0.15, -0.1) is 0 Å². The molecule has 0 aromatic heterocycles. The van der Waals surface area contributed by atoms with Crippen molar-refractivity contribution in [1.29, 1.82) is 0 Å². The molecule has 2 rings (SSSR count). The molecule has 0 radical (unpaired) electrons.